The van der Waals surface area contributed by atoms with Crippen LogP contribution in [0.1, 0.15) is 31.9 Å². The molecule has 0 saturated carbocycles. The number of aliphatic hydroxyl groups excluding tert-OH is 1. The summed E-state index contributed by atoms with van der Waals surface area (Å²) in [6.07, 6.45) is 0.971. The van der Waals surface area contributed by atoms with Gasteiger partial charge in [-0.05, 0) is 23.6 Å². The van der Waals surface area contributed by atoms with Gasteiger partial charge in [0.2, 0.25) is 0 Å². The molecule has 0 atom stereocenters. The van der Waals surface area contributed by atoms with Gasteiger partial charge in [-0.15, -0.1) is 0 Å². The van der Waals surface area contributed by atoms with Crippen LogP contribution in [0.2, 0.25) is 0 Å². The standard InChI is InChI=1S/C15H25NO2/c1-5-13-8-12(6-7-14(13)18-4)9-16-10-15(2,3)11-17/h6-8,16-17H,5,9-11H2,1-4H3. The minimum absolute atomic E-state index is 0.0694. The Bertz CT molecular complexity index is 375. The number of methoxy groups -OCH3 is 1. The molecule has 18 heavy (non-hydrogen) atoms. The highest BCUT2D eigenvalue weighted by Gasteiger charge is 2.15. The van der Waals surface area contributed by atoms with Crippen LogP contribution in [0.5, 0.6) is 5.75 Å². The first-order chi connectivity index (χ1) is 8.52. The van der Waals surface area contributed by atoms with Crippen molar-refractivity contribution in [3.8, 4) is 5.75 Å². The lowest BCUT2D eigenvalue weighted by atomic mass is 9.95. The number of benzene rings is 1. The van der Waals surface area contributed by atoms with Crippen LogP contribution in [0.25, 0.3) is 0 Å². The predicted octanol–water partition coefficient (Wildman–Crippen LogP) is 2.37. The second-order valence-electron chi connectivity index (χ2n) is 5.43. The highest BCUT2D eigenvalue weighted by molar-refractivity contribution is 5.37. The van der Waals surface area contributed by atoms with Crippen LogP contribution >= 0.6 is 0 Å². The van der Waals surface area contributed by atoms with E-state index in [4.69, 9.17) is 4.74 Å². The predicted molar refractivity (Wildman–Crippen MR) is 74.9 cm³/mol. The van der Waals surface area contributed by atoms with Crippen LogP contribution in [-0.4, -0.2) is 25.4 Å². The van der Waals surface area contributed by atoms with Gasteiger partial charge >= 0.3 is 0 Å². The highest BCUT2D eigenvalue weighted by Crippen LogP contribution is 2.20. The maximum atomic E-state index is 9.19. The van der Waals surface area contributed by atoms with Crippen molar-refractivity contribution >= 4 is 0 Å². The Morgan fingerprint density at radius 1 is 1.33 bits per heavy atom. The molecule has 0 amide bonds. The molecule has 0 saturated heterocycles. The van der Waals surface area contributed by atoms with E-state index in [0.29, 0.717) is 0 Å². The van der Waals surface area contributed by atoms with Crippen molar-refractivity contribution < 1.29 is 9.84 Å². The normalized spacial score (nSPS) is 11.6. The van der Waals surface area contributed by atoms with Crippen molar-refractivity contribution in [3.05, 3.63) is 29.3 Å². The number of ether oxygens (including phenoxy) is 1. The molecule has 3 nitrogen and oxygen atoms in total. The zero-order valence-corrected chi connectivity index (χ0v) is 11.9. The van der Waals surface area contributed by atoms with E-state index in [1.165, 1.54) is 11.1 Å². The fraction of sp³-hybridized carbons (Fsp3) is 0.600. The van der Waals surface area contributed by atoms with Gasteiger partial charge in [0.1, 0.15) is 5.75 Å². The summed E-state index contributed by atoms with van der Waals surface area (Å²) in [7, 11) is 1.70. The topological polar surface area (TPSA) is 41.5 Å². The second kappa shape index (κ2) is 6.76. The van der Waals surface area contributed by atoms with E-state index in [2.05, 4.69) is 24.4 Å². The van der Waals surface area contributed by atoms with E-state index in [9.17, 15) is 5.11 Å². The van der Waals surface area contributed by atoms with Gasteiger partial charge in [-0.2, -0.15) is 0 Å². The molecule has 0 aliphatic carbocycles. The molecule has 0 bridgehead atoms. The highest BCUT2D eigenvalue weighted by atomic mass is 16.5. The smallest absolute Gasteiger partial charge is 0.122 e. The summed E-state index contributed by atoms with van der Waals surface area (Å²) < 4.78 is 5.31. The molecule has 3 heteroatoms. The average molecular weight is 251 g/mol. The molecule has 1 rings (SSSR count). The van der Waals surface area contributed by atoms with Crippen LogP contribution in [0.3, 0.4) is 0 Å². The van der Waals surface area contributed by atoms with E-state index >= 15 is 0 Å². The lowest BCUT2D eigenvalue weighted by Gasteiger charge is -2.22. The molecule has 0 heterocycles. The molecule has 102 valence electrons. The van der Waals surface area contributed by atoms with Crippen LogP contribution in [0, 0.1) is 5.41 Å². The zero-order chi connectivity index (χ0) is 13.6. The quantitative estimate of drug-likeness (QED) is 0.781. The largest absolute Gasteiger partial charge is 0.496 e. The number of hydrogen-bond acceptors (Lipinski definition) is 3. The summed E-state index contributed by atoms with van der Waals surface area (Å²) in [5.74, 6) is 0.955. The Morgan fingerprint density at radius 3 is 2.61 bits per heavy atom. The van der Waals surface area contributed by atoms with E-state index < -0.39 is 0 Å². The molecule has 1 aromatic carbocycles. The number of aliphatic hydroxyl groups is 1. The molecule has 0 aromatic heterocycles. The third-order valence-corrected chi connectivity index (χ3v) is 3.09. The van der Waals surface area contributed by atoms with Gasteiger partial charge in [0.05, 0.1) is 7.11 Å². The zero-order valence-electron chi connectivity index (χ0n) is 11.9. The van der Waals surface area contributed by atoms with Gasteiger partial charge < -0.3 is 15.2 Å². The van der Waals surface area contributed by atoms with Crippen LogP contribution < -0.4 is 10.1 Å². The lowest BCUT2D eigenvalue weighted by Crippen LogP contribution is -2.31. The monoisotopic (exact) mass is 251 g/mol. The fourth-order valence-corrected chi connectivity index (χ4v) is 1.82. The first kappa shape index (κ1) is 15.0. The molecule has 0 radical (unpaired) electrons. The van der Waals surface area contributed by atoms with Gasteiger partial charge in [-0.25, -0.2) is 0 Å². The van der Waals surface area contributed by atoms with Crippen LogP contribution in [0.15, 0.2) is 18.2 Å². The van der Waals surface area contributed by atoms with Crippen molar-refractivity contribution in [3.63, 3.8) is 0 Å². The number of hydrogen-bond donors (Lipinski definition) is 2. The van der Waals surface area contributed by atoms with Crippen molar-refractivity contribution in [1.82, 2.24) is 5.32 Å². The first-order valence-corrected chi connectivity index (χ1v) is 6.50. The molecular weight excluding hydrogens is 226 g/mol. The van der Waals surface area contributed by atoms with Gasteiger partial charge in [0.25, 0.3) is 0 Å². The Balaban J connectivity index is 2.58. The van der Waals surface area contributed by atoms with E-state index in [1.807, 2.05) is 19.9 Å². The van der Waals surface area contributed by atoms with Gasteiger partial charge in [0.15, 0.2) is 0 Å². The molecule has 1 aromatic rings. The summed E-state index contributed by atoms with van der Waals surface area (Å²) in [5, 5.41) is 12.6. The second-order valence-corrected chi connectivity index (χ2v) is 5.43. The SMILES string of the molecule is CCc1cc(CNCC(C)(C)CO)ccc1OC. The molecule has 0 aliphatic rings. The summed E-state index contributed by atoms with van der Waals surface area (Å²) in [6, 6.07) is 6.28. The van der Waals surface area contributed by atoms with Gasteiger partial charge in [0, 0.05) is 25.1 Å². The third kappa shape index (κ3) is 4.31. The first-order valence-electron chi connectivity index (χ1n) is 6.50. The van der Waals surface area contributed by atoms with E-state index in [1.54, 1.807) is 7.11 Å². The Kier molecular flexibility index (Phi) is 5.63. The van der Waals surface area contributed by atoms with E-state index in [0.717, 1.165) is 25.3 Å². The van der Waals surface area contributed by atoms with E-state index in [-0.39, 0.29) is 12.0 Å². The molecule has 2 N–H and O–H groups in total. The summed E-state index contributed by atoms with van der Waals surface area (Å²) in [6.45, 7) is 8.04. The van der Waals surface area contributed by atoms with Crippen LogP contribution in [-0.2, 0) is 13.0 Å². The molecule has 0 spiro atoms. The van der Waals surface area contributed by atoms with Crippen molar-refractivity contribution in [2.45, 2.75) is 33.7 Å². The van der Waals surface area contributed by atoms with Crippen molar-refractivity contribution in [2.75, 3.05) is 20.3 Å². The number of aryl methyl sites for hydroxylation is 1. The minimum atomic E-state index is -0.0694. The molecule has 0 aliphatic heterocycles. The van der Waals surface area contributed by atoms with Crippen molar-refractivity contribution in [2.24, 2.45) is 5.41 Å². The Hall–Kier alpha value is -1.06. The average Bonchev–Trinajstić information content (AvgIpc) is 2.38. The lowest BCUT2D eigenvalue weighted by molar-refractivity contribution is 0.156. The molecule has 0 unspecified atom stereocenters. The maximum Gasteiger partial charge on any atom is 0.122 e. The minimum Gasteiger partial charge on any atom is -0.496 e. The fourth-order valence-electron chi connectivity index (χ4n) is 1.82. The van der Waals surface area contributed by atoms with Gasteiger partial charge in [-0.1, -0.05) is 32.9 Å². The summed E-state index contributed by atoms with van der Waals surface area (Å²) in [4.78, 5) is 0. The molecular formula is C15H25NO2. The summed E-state index contributed by atoms with van der Waals surface area (Å²) in [5.41, 5.74) is 2.42. The number of rotatable bonds is 7. The van der Waals surface area contributed by atoms with Gasteiger partial charge in [-0.3, -0.25) is 0 Å². The summed E-state index contributed by atoms with van der Waals surface area (Å²) >= 11 is 0. The Labute approximate surface area is 110 Å². The Morgan fingerprint density at radius 2 is 2.06 bits per heavy atom. The maximum absolute atomic E-state index is 9.19. The van der Waals surface area contributed by atoms with Crippen LogP contribution in [0.4, 0.5) is 0 Å². The molecule has 0 fully saturated rings. The van der Waals surface area contributed by atoms with Crippen molar-refractivity contribution in [1.29, 1.82) is 0 Å². The third-order valence-electron chi connectivity index (χ3n) is 3.09. The number of nitrogens with one attached hydrogen (secondary N) is 1.